The Morgan fingerprint density at radius 3 is 2.38 bits per heavy atom. The fourth-order valence-corrected chi connectivity index (χ4v) is 1.93. The Labute approximate surface area is 94.2 Å². The molecule has 0 aliphatic heterocycles. The second kappa shape index (κ2) is 5.43. The Kier molecular flexibility index (Phi) is 4.50. The van der Waals surface area contributed by atoms with Gasteiger partial charge in [-0.15, -0.1) is 0 Å². The number of hydrogen-bond acceptors (Lipinski definition) is 0. The van der Waals surface area contributed by atoms with Gasteiger partial charge in [-0.1, -0.05) is 66.8 Å². The van der Waals surface area contributed by atoms with Crippen LogP contribution >= 0.6 is 22.6 Å². The number of rotatable bonds is 3. The van der Waals surface area contributed by atoms with Crippen LogP contribution in [0, 0.1) is 5.92 Å². The summed E-state index contributed by atoms with van der Waals surface area (Å²) in [6.45, 7) is 4.51. The molecule has 13 heavy (non-hydrogen) atoms. The molecule has 0 saturated carbocycles. The standard InChI is InChI=1S/C12H15I/c1-10(2)8-12(9-13)11-6-4-3-5-7-11/h3-7,9-10H,8H2,1-2H3/b12-9+. The van der Waals surface area contributed by atoms with Gasteiger partial charge >= 0.3 is 0 Å². The zero-order chi connectivity index (χ0) is 9.68. The SMILES string of the molecule is CC(C)C/C(=C\I)c1ccccc1. The first-order valence-electron chi connectivity index (χ1n) is 4.58. The molecule has 1 aromatic rings. The van der Waals surface area contributed by atoms with E-state index >= 15 is 0 Å². The van der Waals surface area contributed by atoms with E-state index in [2.05, 4.69) is 70.9 Å². The minimum absolute atomic E-state index is 0.723. The van der Waals surface area contributed by atoms with Crippen molar-refractivity contribution in [2.24, 2.45) is 5.92 Å². The molecule has 0 aliphatic carbocycles. The fourth-order valence-electron chi connectivity index (χ4n) is 1.32. The summed E-state index contributed by atoms with van der Waals surface area (Å²) in [6.07, 6.45) is 1.16. The van der Waals surface area contributed by atoms with Crippen LogP contribution in [-0.2, 0) is 0 Å². The lowest BCUT2D eigenvalue weighted by Gasteiger charge is -2.08. The molecule has 0 aromatic heterocycles. The first-order chi connectivity index (χ1) is 6.24. The van der Waals surface area contributed by atoms with E-state index < -0.39 is 0 Å². The quantitative estimate of drug-likeness (QED) is 0.717. The van der Waals surface area contributed by atoms with Crippen molar-refractivity contribution in [3.05, 3.63) is 40.0 Å². The van der Waals surface area contributed by atoms with Crippen molar-refractivity contribution in [1.82, 2.24) is 0 Å². The average molecular weight is 286 g/mol. The summed E-state index contributed by atoms with van der Waals surface area (Å²) in [7, 11) is 0. The first-order valence-corrected chi connectivity index (χ1v) is 5.83. The number of hydrogen-bond donors (Lipinski definition) is 0. The zero-order valence-electron chi connectivity index (χ0n) is 8.13. The van der Waals surface area contributed by atoms with Crippen molar-refractivity contribution in [2.75, 3.05) is 0 Å². The first kappa shape index (κ1) is 10.8. The van der Waals surface area contributed by atoms with Crippen LogP contribution < -0.4 is 0 Å². The topological polar surface area (TPSA) is 0 Å². The molecule has 0 bridgehead atoms. The van der Waals surface area contributed by atoms with Crippen LogP contribution in [0.3, 0.4) is 0 Å². The van der Waals surface area contributed by atoms with E-state index in [1.54, 1.807) is 0 Å². The van der Waals surface area contributed by atoms with Gasteiger partial charge in [-0.3, -0.25) is 0 Å². The molecule has 1 heteroatoms. The maximum absolute atomic E-state index is 2.32. The number of halogens is 1. The van der Waals surface area contributed by atoms with Crippen molar-refractivity contribution in [3.8, 4) is 0 Å². The Morgan fingerprint density at radius 2 is 1.92 bits per heavy atom. The van der Waals surface area contributed by atoms with Crippen LogP contribution in [0.4, 0.5) is 0 Å². The lowest BCUT2D eigenvalue weighted by atomic mass is 9.98. The highest BCUT2D eigenvalue weighted by Crippen LogP contribution is 2.23. The van der Waals surface area contributed by atoms with E-state index in [0.29, 0.717) is 0 Å². The molecule has 70 valence electrons. The summed E-state index contributed by atoms with van der Waals surface area (Å²) in [5, 5.41) is 0. The molecule has 0 unspecified atom stereocenters. The maximum Gasteiger partial charge on any atom is -0.0196 e. The average Bonchev–Trinajstić information content (AvgIpc) is 2.15. The van der Waals surface area contributed by atoms with Crippen molar-refractivity contribution >= 4 is 28.2 Å². The molecule has 0 fully saturated rings. The van der Waals surface area contributed by atoms with Gasteiger partial charge in [-0.2, -0.15) is 0 Å². The largest absolute Gasteiger partial charge is 0.0625 e. The van der Waals surface area contributed by atoms with Gasteiger partial charge in [0.15, 0.2) is 0 Å². The van der Waals surface area contributed by atoms with Gasteiger partial charge in [0.05, 0.1) is 0 Å². The van der Waals surface area contributed by atoms with Crippen molar-refractivity contribution < 1.29 is 0 Å². The van der Waals surface area contributed by atoms with E-state index in [-0.39, 0.29) is 0 Å². The summed E-state index contributed by atoms with van der Waals surface area (Å²) in [5.74, 6) is 0.723. The summed E-state index contributed by atoms with van der Waals surface area (Å²) in [6, 6.07) is 10.6. The molecule has 0 aliphatic rings. The van der Waals surface area contributed by atoms with E-state index in [1.807, 2.05) is 0 Å². The minimum atomic E-state index is 0.723. The van der Waals surface area contributed by atoms with Crippen LogP contribution in [0.2, 0.25) is 0 Å². The van der Waals surface area contributed by atoms with Gasteiger partial charge < -0.3 is 0 Å². The molecular weight excluding hydrogens is 271 g/mol. The third-order valence-corrected chi connectivity index (χ3v) is 2.66. The number of benzene rings is 1. The van der Waals surface area contributed by atoms with E-state index in [1.165, 1.54) is 11.1 Å². The smallest absolute Gasteiger partial charge is 0.0196 e. The predicted octanol–water partition coefficient (Wildman–Crippen LogP) is 4.51. The Morgan fingerprint density at radius 1 is 1.31 bits per heavy atom. The third kappa shape index (κ3) is 3.51. The lowest BCUT2D eigenvalue weighted by Crippen LogP contribution is -1.90. The summed E-state index contributed by atoms with van der Waals surface area (Å²) in [5.41, 5.74) is 2.79. The second-order valence-electron chi connectivity index (χ2n) is 3.60. The van der Waals surface area contributed by atoms with E-state index in [9.17, 15) is 0 Å². The monoisotopic (exact) mass is 286 g/mol. The van der Waals surface area contributed by atoms with Crippen molar-refractivity contribution in [3.63, 3.8) is 0 Å². The van der Waals surface area contributed by atoms with E-state index in [4.69, 9.17) is 0 Å². The molecule has 0 atom stereocenters. The highest BCUT2D eigenvalue weighted by molar-refractivity contribution is 14.1. The van der Waals surface area contributed by atoms with Gasteiger partial charge in [0.25, 0.3) is 0 Å². The molecule has 1 aromatic carbocycles. The molecule has 0 saturated heterocycles. The van der Waals surface area contributed by atoms with Gasteiger partial charge in [0.1, 0.15) is 0 Å². The van der Waals surface area contributed by atoms with Crippen LogP contribution in [0.1, 0.15) is 25.8 Å². The van der Waals surface area contributed by atoms with Crippen LogP contribution in [0.5, 0.6) is 0 Å². The predicted molar refractivity (Wildman–Crippen MR) is 67.9 cm³/mol. The fraction of sp³-hybridized carbons (Fsp3) is 0.333. The normalized spacial score (nSPS) is 12.2. The Hall–Kier alpha value is -0.310. The second-order valence-corrected chi connectivity index (χ2v) is 4.22. The maximum atomic E-state index is 2.32. The molecule has 1 rings (SSSR count). The van der Waals surface area contributed by atoms with Gasteiger partial charge in [-0.05, 0) is 27.6 Å². The summed E-state index contributed by atoms with van der Waals surface area (Å²) >= 11 is 2.32. The lowest BCUT2D eigenvalue weighted by molar-refractivity contribution is 0.674. The van der Waals surface area contributed by atoms with Gasteiger partial charge in [0, 0.05) is 0 Å². The Bertz CT molecular complexity index is 272. The summed E-state index contributed by atoms with van der Waals surface area (Å²) in [4.78, 5) is 0. The molecule has 0 nitrogen and oxygen atoms in total. The molecule has 0 radical (unpaired) electrons. The van der Waals surface area contributed by atoms with E-state index in [0.717, 1.165) is 12.3 Å². The molecular formula is C12H15I. The van der Waals surface area contributed by atoms with Gasteiger partial charge in [-0.25, -0.2) is 0 Å². The molecule has 0 N–H and O–H groups in total. The number of allylic oxidation sites excluding steroid dienone is 1. The minimum Gasteiger partial charge on any atom is -0.0625 e. The van der Waals surface area contributed by atoms with Crippen LogP contribution in [0.15, 0.2) is 34.4 Å². The van der Waals surface area contributed by atoms with Crippen molar-refractivity contribution in [2.45, 2.75) is 20.3 Å². The third-order valence-electron chi connectivity index (χ3n) is 1.90. The van der Waals surface area contributed by atoms with Crippen molar-refractivity contribution in [1.29, 1.82) is 0 Å². The highest BCUT2D eigenvalue weighted by Gasteiger charge is 2.02. The summed E-state index contributed by atoms with van der Waals surface area (Å²) < 4.78 is 2.19. The van der Waals surface area contributed by atoms with Gasteiger partial charge in [0.2, 0.25) is 0 Å². The molecule has 0 spiro atoms. The van der Waals surface area contributed by atoms with Crippen LogP contribution in [0.25, 0.3) is 5.57 Å². The van der Waals surface area contributed by atoms with Crippen LogP contribution in [-0.4, -0.2) is 0 Å². The highest BCUT2D eigenvalue weighted by atomic mass is 127. The zero-order valence-corrected chi connectivity index (χ0v) is 10.3. The Balaban J connectivity index is 2.80. The molecule has 0 heterocycles. The molecule has 0 amide bonds.